The lowest BCUT2D eigenvalue weighted by Gasteiger charge is -2.30. The Morgan fingerprint density at radius 1 is 1.00 bits per heavy atom. The van der Waals surface area contributed by atoms with Crippen LogP contribution in [0.25, 0.3) is 0 Å². The Labute approximate surface area is 128 Å². The molecule has 6 heteroatoms. The summed E-state index contributed by atoms with van der Waals surface area (Å²) in [6, 6.07) is 9.56. The van der Waals surface area contributed by atoms with Gasteiger partial charge in [-0.05, 0) is 54.3 Å². The molecule has 1 aliphatic heterocycles. The zero-order valence-corrected chi connectivity index (χ0v) is 12.6. The molecule has 3 nitrogen and oxygen atoms in total. The third kappa shape index (κ3) is 2.97. The van der Waals surface area contributed by atoms with Crippen LogP contribution in [0.1, 0.15) is 17.5 Å². The van der Waals surface area contributed by atoms with Crippen molar-refractivity contribution in [2.45, 2.75) is 18.6 Å². The molecular formula is C16H15F2NO2S. The summed E-state index contributed by atoms with van der Waals surface area (Å²) < 4.78 is 52.8. The number of anilines is 1. The molecule has 0 amide bonds. The molecular weight excluding hydrogens is 308 g/mol. The van der Waals surface area contributed by atoms with Gasteiger partial charge in [0.2, 0.25) is 10.0 Å². The molecule has 22 heavy (non-hydrogen) atoms. The summed E-state index contributed by atoms with van der Waals surface area (Å²) >= 11 is 0. The number of benzene rings is 2. The number of aryl methyl sites for hydroxylation is 1. The molecule has 0 unspecified atom stereocenters. The van der Waals surface area contributed by atoms with Gasteiger partial charge >= 0.3 is 0 Å². The van der Waals surface area contributed by atoms with Crippen molar-refractivity contribution in [2.24, 2.45) is 0 Å². The molecule has 0 atom stereocenters. The van der Waals surface area contributed by atoms with Gasteiger partial charge in [0, 0.05) is 6.54 Å². The maximum atomic E-state index is 13.3. The van der Waals surface area contributed by atoms with Crippen LogP contribution in [0, 0.1) is 11.6 Å². The average molecular weight is 323 g/mol. The highest BCUT2D eigenvalue weighted by atomic mass is 32.2. The highest BCUT2D eigenvalue weighted by molar-refractivity contribution is 7.92. The minimum Gasteiger partial charge on any atom is -0.270 e. The van der Waals surface area contributed by atoms with Crippen LogP contribution in [-0.4, -0.2) is 15.0 Å². The molecule has 0 aliphatic carbocycles. The number of halogens is 2. The fraction of sp³-hybridized carbons (Fsp3) is 0.250. The van der Waals surface area contributed by atoms with E-state index in [4.69, 9.17) is 0 Å². The van der Waals surface area contributed by atoms with Gasteiger partial charge in [0.15, 0.2) is 0 Å². The minimum atomic E-state index is -3.59. The van der Waals surface area contributed by atoms with Gasteiger partial charge in [-0.1, -0.05) is 12.1 Å². The number of rotatable bonds is 3. The molecule has 0 bridgehead atoms. The highest BCUT2D eigenvalue weighted by Gasteiger charge is 2.27. The quantitative estimate of drug-likeness (QED) is 0.869. The standard InChI is InChI=1S/C16H15F2NO2S/c17-14-5-3-12(4-6-14)11-22(20,21)19-9-1-2-13-10-15(18)7-8-16(13)19/h3-8,10H,1-2,9,11H2. The number of fused-ring (bicyclic) bond motifs is 1. The number of hydrogen-bond donors (Lipinski definition) is 0. The second kappa shape index (κ2) is 5.68. The van der Waals surface area contributed by atoms with E-state index in [1.165, 1.54) is 46.8 Å². The van der Waals surface area contributed by atoms with Crippen molar-refractivity contribution in [1.29, 1.82) is 0 Å². The third-order valence-corrected chi connectivity index (χ3v) is 5.46. The van der Waals surface area contributed by atoms with Gasteiger partial charge in [0.1, 0.15) is 11.6 Å². The molecule has 0 saturated carbocycles. The lowest BCUT2D eigenvalue weighted by atomic mass is 10.0. The Balaban J connectivity index is 1.92. The van der Waals surface area contributed by atoms with Crippen molar-refractivity contribution in [3.05, 3.63) is 65.2 Å². The topological polar surface area (TPSA) is 37.4 Å². The average Bonchev–Trinajstić information content (AvgIpc) is 2.48. The summed E-state index contributed by atoms with van der Waals surface area (Å²) in [6.45, 7) is 0.377. The van der Waals surface area contributed by atoms with Gasteiger partial charge in [0.05, 0.1) is 11.4 Å². The number of nitrogens with zero attached hydrogens (tertiary/aromatic N) is 1. The zero-order chi connectivity index (χ0) is 15.7. The van der Waals surface area contributed by atoms with Crippen molar-refractivity contribution in [1.82, 2.24) is 0 Å². The van der Waals surface area contributed by atoms with Crippen molar-refractivity contribution >= 4 is 15.7 Å². The van der Waals surface area contributed by atoms with Crippen LogP contribution < -0.4 is 4.31 Å². The molecule has 0 saturated heterocycles. The maximum absolute atomic E-state index is 13.3. The summed E-state index contributed by atoms with van der Waals surface area (Å²) in [5, 5.41) is 0. The van der Waals surface area contributed by atoms with Crippen LogP contribution in [-0.2, 0) is 22.2 Å². The second-order valence-electron chi connectivity index (χ2n) is 5.33. The summed E-state index contributed by atoms with van der Waals surface area (Å²) in [7, 11) is -3.59. The largest absolute Gasteiger partial charge is 0.270 e. The normalized spacial score (nSPS) is 14.7. The predicted molar refractivity (Wildman–Crippen MR) is 81.1 cm³/mol. The number of sulfonamides is 1. The summed E-state index contributed by atoms with van der Waals surface area (Å²) in [5.41, 5.74) is 1.76. The van der Waals surface area contributed by atoms with Crippen LogP contribution in [0.4, 0.5) is 14.5 Å². The fourth-order valence-corrected chi connectivity index (χ4v) is 4.34. The summed E-state index contributed by atoms with van der Waals surface area (Å²) in [6.07, 6.45) is 1.31. The highest BCUT2D eigenvalue weighted by Crippen LogP contribution is 2.31. The van der Waals surface area contributed by atoms with Crippen LogP contribution in [0.2, 0.25) is 0 Å². The Bertz CT molecular complexity index is 788. The van der Waals surface area contributed by atoms with Gasteiger partial charge in [-0.3, -0.25) is 4.31 Å². The van der Waals surface area contributed by atoms with Crippen molar-refractivity contribution < 1.29 is 17.2 Å². The smallest absolute Gasteiger partial charge is 0.239 e. The summed E-state index contributed by atoms with van der Waals surface area (Å²) in [4.78, 5) is 0. The van der Waals surface area contributed by atoms with Crippen molar-refractivity contribution in [3.8, 4) is 0 Å². The van der Waals surface area contributed by atoms with E-state index in [-0.39, 0.29) is 11.6 Å². The molecule has 0 aromatic heterocycles. The van der Waals surface area contributed by atoms with Crippen LogP contribution in [0.3, 0.4) is 0 Å². The first-order chi connectivity index (χ1) is 10.5. The lowest BCUT2D eigenvalue weighted by Crippen LogP contribution is -2.36. The molecule has 1 aliphatic rings. The van der Waals surface area contributed by atoms with E-state index < -0.39 is 15.8 Å². The molecule has 1 heterocycles. The third-order valence-electron chi connectivity index (χ3n) is 3.72. The van der Waals surface area contributed by atoms with E-state index in [0.717, 1.165) is 0 Å². The molecule has 0 spiro atoms. The Morgan fingerprint density at radius 3 is 2.41 bits per heavy atom. The first-order valence-corrected chi connectivity index (χ1v) is 8.60. The molecule has 0 radical (unpaired) electrons. The summed E-state index contributed by atoms with van der Waals surface area (Å²) in [5.74, 6) is -0.971. The Kier molecular flexibility index (Phi) is 3.87. The zero-order valence-electron chi connectivity index (χ0n) is 11.8. The molecule has 116 valence electrons. The Morgan fingerprint density at radius 2 is 1.68 bits per heavy atom. The van der Waals surface area contributed by atoms with Crippen LogP contribution in [0.5, 0.6) is 0 Å². The van der Waals surface area contributed by atoms with E-state index in [0.29, 0.717) is 36.2 Å². The SMILES string of the molecule is O=S(=O)(Cc1ccc(F)cc1)N1CCCc2cc(F)ccc21. The second-order valence-corrected chi connectivity index (χ2v) is 7.22. The van der Waals surface area contributed by atoms with Gasteiger partial charge in [-0.2, -0.15) is 0 Å². The fourth-order valence-electron chi connectivity index (χ4n) is 2.69. The van der Waals surface area contributed by atoms with Crippen molar-refractivity contribution in [2.75, 3.05) is 10.8 Å². The van der Waals surface area contributed by atoms with E-state index in [2.05, 4.69) is 0 Å². The molecule has 0 N–H and O–H groups in total. The monoisotopic (exact) mass is 323 g/mol. The van der Waals surface area contributed by atoms with E-state index in [1.54, 1.807) is 0 Å². The first kappa shape index (κ1) is 15.0. The molecule has 2 aromatic carbocycles. The predicted octanol–water partition coefficient (Wildman–Crippen LogP) is 3.25. The van der Waals surface area contributed by atoms with Gasteiger partial charge in [0.25, 0.3) is 0 Å². The minimum absolute atomic E-state index is 0.204. The van der Waals surface area contributed by atoms with E-state index >= 15 is 0 Å². The maximum Gasteiger partial charge on any atom is 0.239 e. The van der Waals surface area contributed by atoms with E-state index in [9.17, 15) is 17.2 Å². The first-order valence-electron chi connectivity index (χ1n) is 6.99. The van der Waals surface area contributed by atoms with Gasteiger partial charge in [-0.15, -0.1) is 0 Å². The van der Waals surface area contributed by atoms with Crippen molar-refractivity contribution in [3.63, 3.8) is 0 Å². The molecule has 0 fully saturated rings. The lowest BCUT2D eigenvalue weighted by molar-refractivity contribution is 0.584. The van der Waals surface area contributed by atoms with Gasteiger partial charge in [-0.25, -0.2) is 17.2 Å². The Hall–Kier alpha value is -1.95. The van der Waals surface area contributed by atoms with Crippen LogP contribution in [0.15, 0.2) is 42.5 Å². The van der Waals surface area contributed by atoms with Gasteiger partial charge < -0.3 is 0 Å². The number of hydrogen-bond acceptors (Lipinski definition) is 2. The molecule has 3 rings (SSSR count). The molecule has 2 aromatic rings. The van der Waals surface area contributed by atoms with Crippen LogP contribution >= 0.6 is 0 Å². The van der Waals surface area contributed by atoms with E-state index in [1.807, 2.05) is 0 Å².